The topological polar surface area (TPSA) is 20.2 Å². The molecule has 3 fully saturated rings. The summed E-state index contributed by atoms with van der Waals surface area (Å²) in [7, 11) is 0. The van der Waals surface area contributed by atoms with E-state index in [1.54, 1.807) is 0 Å². The summed E-state index contributed by atoms with van der Waals surface area (Å²) in [6.07, 6.45) is 17.0. The molecule has 0 saturated heterocycles. The fourth-order valence-corrected chi connectivity index (χ4v) is 8.99. The van der Waals surface area contributed by atoms with Crippen LogP contribution in [0.15, 0.2) is 11.6 Å². The lowest BCUT2D eigenvalue weighted by Gasteiger charge is -2.61. The Hall–Kier alpha value is -0.300. The predicted octanol–water partition coefficient (Wildman–Crippen LogP) is 8.17. The normalized spacial score (nSPS) is 47.1. The maximum atomic E-state index is 10.3. The van der Waals surface area contributed by atoms with Crippen LogP contribution in [0.5, 0.6) is 0 Å². The molecule has 0 radical (unpaired) electrons. The van der Waals surface area contributed by atoms with Crippen LogP contribution in [0.3, 0.4) is 0 Å². The lowest BCUT2D eigenvalue weighted by molar-refractivity contribution is -0.0629. The smallest absolute Gasteiger partial charge is 0.0543 e. The molecule has 0 bridgehead atoms. The van der Waals surface area contributed by atoms with Crippen molar-refractivity contribution in [3.05, 3.63) is 11.6 Å². The van der Waals surface area contributed by atoms with E-state index in [0.717, 1.165) is 30.6 Å². The van der Waals surface area contributed by atoms with E-state index in [1.165, 1.54) is 57.8 Å². The Balaban J connectivity index is 1.54. The molecule has 4 aliphatic rings. The predicted molar refractivity (Wildman–Crippen MR) is 128 cm³/mol. The van der Waals surface area contributed by atoms with Crippen LogP contribution >= 0.6 is 0 Å². The Bertz CT molecular complexity index is 670. The zero-order valence-electron chi connectivity index (χ0n) is 21.2. The summed E-state index contributed by atoms with van der Waals surface area (Å²) in [6, 6.07) is 0. The van der Waals surface area contributed by atoms with Gasteiger partial charge < -0.3 is 5.11 Å². The molecule has 172 valence electrons. The maximum Gasteiger partial charge on any atom is 0.0543 e. The Morgan fingerprint density at radius 1 is 1.07 bits per heavy atom. The van der Waals surface area contributed by atoms with Gasteiger partial charge in [0.25, 0.3) is 0 Å². The van der Waals surface area contributed by atoms with Gasteiger partial charge in [-0.3, -0.25) is 0 Å². The lowest BCUT2D eigenvalue weighted by Crippen LogP contribution is -2.53. The molecule has 8 atom stereocenters. The van der Waals surface area contributed by atoms with Crippen molar-refractivity contribution in [3.63, 3.8) is 0 Å². The highest BCUT2D eigenvalue weighted by atomic mass is 16.3. The molecule has 1 nitrogen and oxygen atoms in total. The fourth-order valence-electron chi connectivity index (χ4n) is 8.99. The Morgan fingerprint density at radius 2 is 1.80 bits per heavy atom. The maximum absolute atomic E-state index is 10.3. The van der Waals surface area contributed by atoms with Crippen LogP contribution in [0.4, 0.5) is 0 Å². The number of aliphatic hydroxyl groups excluding tert-OH is 1. The van der Waals surface area contributed by atoms with Crippen molar-refractivity contribution in [2.24, 2.45) is 45.3 Å². The van der Waals surface area contributed by atoms with Crippen LogP contribution in [0.25, 0.3) is 0 Å². The van der Waals surface area contributed by atoms with Crippen molar-refractivity contribution in [2.75, 3.05) is 0 Å². The van der Waals surface area contributed by atoms with Crippen molar-refractivity contribution < 1.29 is 5.11 Å². The van der Waals surface area contributed by atoms with Gasteiger partial charge in [-0.05, 0) is 103 Å². The average molecular weight is 415 g/mol. The second-order valence-electron chi connectivity index (χ2n) is 13.9. The molecule has 4 aliphatic carbocycles. The van der Waals surface area contributed by atoms with Crippen LogP contribution in [0.2, 0.25) is 0 Å². The number of fused-ring (bicyclic) bond motifs is 5. The molecule has 0 aliphatic heterocycles. The molecule has 1 N–H and O–H groups in total. The summed E-state index contributed by atoms with van der Waals surface area (Å²) < 4.78 is 0. The number of aliphatic hydroxyl groups is 1. The second kappa shape index (κ2) is 7.64. The highest BCUT2D eigenvalue weighted by molar-refractivity contribution is 5.32. The lowest BCUT2D eigenvalue weighted by atomic mass is 9.43. The standard InChI is InChI=1S/C29H50O/c1-20(9-8-15-26(2,3)4)23-13-17-29(7)25-11-10-21-19-22(30)12-16-27(21,5)24(25)14-18-28(23,29)6/h11,20-24,30H,8-10,12-19H2,1-7H3. The van der Waals surface area contributed by atoms with Gasteiger partial charge in [0.2, 0.25) is 0 Å². The summed E-state index contributed by atoms with van der Waals surface area (Å²) in [4.78, 5) is 0. The molecular formula is C29H50O. The molecule has 0 aromatic heterocycles. The highest BCUT2D eigenvalue weighted by Crippen LogP contribution is 2.72. The van der Waals surface area contributed by atoms with E-state index >= 15 is 0 Å². The molecule has 0 heterocycles. The van der Waals surface area contributed by atoms with Crippen molar-refractivity contribution in [3.8, 4) is 0 Å². The van der Waals surface area contributed by atoms with E-state index in [9.17, 15) is 5.11 Å². The van der Waals surface area contributed by atoms with Crippen molar-refractivity contribution in [1.29, 1.82) is 0 Å². The monoisotopic (exact) mass is 414 g/mol. The molecule has 0 aromatic carbocycles. The third-order valence-corrected chi connectivity index (χ3v) is 11.2. The van der Waals surface area contributed by atoms with Crippen LogP contribution < -0.4 is 0 Å². The van der Waals surface area contributed by atoms with E-state index in [2.05, 4.69) is 54.5 Å². The minimum Gasteiger partial charge on any atom is -0.393 e. The highest BCUT2D eigenvalue weighted by Gasteiger charge is 2.63. The molecule has 0 aromatic rings. The zero-order chi connectivity index (χ0) is 21.9. The van der Waals surface area contributed by atoms with Crippen LogP contribution in [-0.2, 0) is 0 Å². The van der Waals surface area contributed by atoms with Gasteiger partial charge >= 0.3 is 0 Å². The number of hydrogen-bond donors (Lipinski definition) is 1. The van der Waals surface area contributed by atoms with Crippen molar-refractivity contribution in [2.45, 2.75) is 125 Å². The minimum atomic E-state index is -0.0488. The van der Waals surface area contributed by atoms with Gasteiger partial charge in [0, 0.05) is 0 Å². The van der Waals surface area contributed by atoms with Crippen molar-refractivity contribution >= 4 is 0 Å². The molecular weight excluding hydrogens is 364 g/mol. The Morgan fingerprint density at radius 3 is 2.50 bits per heavy atom. The molecule has 8 unspecified atom stereocenters. The van der Waals surface area contributed by atoms with Gasteiger partial charge in [-0.1, -0.05) is 73.0 Å². The van der Waals surface area contributed by atoms with Crippen molar-refractivity contribution in [1.82, 2.24) is 0 Å². The third-order valence-electron chi connectivity index (χ3n) is 11.2. The third kappa shape index (κ3) is 3.54. The molecule has 4 rings (SSSR count). The van der Waals surface area contributed by atoms with Gasteiger partial charge in [-0.15, -0.1) is 0 Å². The number of allylic oxidation sites excluding steroid dienone is 2. The van der Waals surface area contributed by atoms with E-state index < -0.39 is 0 Å². The summed E-state index contributed by atoms with van der Waals surface area (Å²) in [5.74, 6) is 3.23. The van der Waals surface area contributed by atoms with Crippen LogP contribution in [-0.4, -0.2) is 11.2 Å². The first-order valence-electron chi connectivity index (χ1n) is 13.3. The first-order chi connectivity index (χ1) is 13.9. The number of hydrogen-bond acceptors (Lipinski definition) is 1. The first-order valence-corrected chi connectivity index (χ1v) is 13.3. The molecule has 1 heteroatoms. The van der Waals surface area contributed by atoms with E-state index in [1.807, 2.05) is 5.57 Å². The van der Waals surface area contributed by atoms with E-state index in [0.29, 0.717) is 27.6 Å². The van der Waals surface area contributed by atoms with Crippen LogP contribution in [0, 0.1) is 45.3 Å². The van der Waals surface area contributed by atoms with Gasteiger partial charge in [-0.2, -0.15) is 0 Å². The minimum absolute atomic E-state index is 0.0488. The molecule has 3 saturated carbocycles. The first kappa shape index (κ1) is 22.9. The molecule has 30 heavy (non-hydrogen) atoms. The zero-order valence-corrected chi connectivity index (χ0v) is 21.2. The largest absolute Gasteiger partial charge is 0.393 e. The fraction of sp³-hybridized carbons (Fsp3) is 0.931. The molecule has 0 spiro atoms. The average Bonchev–Trinajstić information content (AvgIpc) is 2.93. The van der Waals surface area contributed by atoms with Gasteiger partial charge in [0.15, 0.2) is 0 Å². The quantitative estimate of drug-likeness (QED) is 0.460. The van der Waals surface area contributed by atoms with Gasteiger partial charge in [0.05, 0.1) is 6.10 Å². The second-order valence-corrected chi connectivity index (χ2v) is 13.9. The summed E-state index contributed by atoms with van der Waals surface area (Å²) >= 11 is 0. The summed E-state index contributed by atoms with van der Waals surface area (Å²) in [5, 5.41) is 10.3. The summed E-state index contributed by atoms with van der Waals surface area (Å²) in [6.45, 7) is 17.7. The Labute approximate surface area is 187 Å². The van der Waals surface area contributed by atoms with E-state index in [4.69, 9.17) is 0 Å². The van der Waals surface area contributed by atoms with Gasteiger partial charge in [0.1, 0.15) is 0 Å². The van der Waals surface area contributed by atoms with E-state index in [-0.39, 0.29) is 6.10 Å². The molecule has 0 amide bonds. The van der Waals surface area contributed by atoms with Crippen LogP contribution in [0.1, 0.15) is 119 Å². The van der Waals surface area contributed by atoms with Gasteiger partial charge in [-0.25, -0.2) is 0 Å². The number of rotatable bonds is 4. The summed E-state index contributed by atoms with van der Waals surface area (Å²) in [5.41, 5.74) is 3.65. The Kier molecular flexibility index (Phi) is 5.82. The SMILES string of the molecule is CC(CCCC(C)(C)C)C1CCC2(C)C3=CCC4CC(O)CCC4(C)C3CCC12C.